The monoisotopic (exact) mass is 353 g/mol. The summed E-state index contributed by atoms with van der Waals surface area (Å²) >= 11 is 5.07. The summed E-state index contributed by atoms with van der Waals surface area (Å²) in [4.78, 5) is 1.12. The van der Waals surface area contributed by atoms with Crippen molar-refractivity contribution in [2.75, 3.05) is 0 Å². The van der Waals surface area contributed by atoms with E-state index in [1.165, 1.54) is 25.7 Å². The highest BCUT2D eigenvalue weighted by molar-refractivity contribution is 9.10. The maximum Gasteiger partial charge on any atom is 0.214 e. The normalized spacial score (nSPS) is 15.9. The lowest BCUT2D eigenvalue weighted by Gasteiger charge is -2.12. The molecule has 106 valence electrons. The molecule has 1 aliphatic carbocycles. The quantitative estimate of drug-likeness (QED) is 0.913. The molecule has 1 heterocycles. The predicted octanol–water partition coefficient (Wildman–Crippen LogP) is 3.16. The van der Waals surface area contributed by atoms with Gasteiger partial charge in [0, 0.05) is 15.9 Å². The third kappa shape index (κ3) is 2.89. The molecule has 1 aromatic heterocycles. The second kappa shape index (κ2) is 6.24. The van der Waals surface area contributed by atoms with Crippen molar-refractivity contribution in [1.29, 1.82) is 0 Å². The Morgan fingerprint density at radius 3 is 2.90 bits per heavy atom. The first-order valence-corrected chi connectivity index (χ1v) is 8.33. The lowest BCUT2D eigenvalue weighted by Crippen LogP contribution is -2.08. The number of halogens is 1. The van der Waals surface area contributed by atoms with Crippen molar-refractivity contribution >= 4 is 27.7 Å². The Hall–Kier alpha value is -0.920. The van der Waals surface area contributed by atoms with Gasteiger partial charge in [0.2, 0.25) is 5.16 Å². The maximum atomic E-state index is 5.82. The highest BCUT2D eigenvalue weighted by Gasteiger charge is 2.22. The highest BCUT2D eigenvalue weighted by atomic mass is 79.9. The number of aromatic nitrogens is 4. The first kappa shape index (κ1) is 14.0. The zero-order valence-electron chi connectivity index (χ0n) is 11.0. The molecule has 1 aliphatic rings. The van der Waals surface area contributed by atoms with Gasteiger partial charge < -0.3 is 5.73 Å². The molecule has 3 rings (SSSR count). The molecule has 0 radical (unpaired) electrons. The van der Waals surface area contributed by atoms with Crippen molar-refractivity contribution in [3.05, 3.63) is 28.2 Å². The first-order valence-electron chi connectivity index (χ1n) is 6.72. The van der Waals surface area contributed by atoms with Crippen LogP contribution in [0.3, 0.4) is 0 Å². The van der Waals surface area contributed by atoms with Crippen LogP contribution in [0.1, 0.15) is 37.3 Å². The fourth-order valence-electron chi connectivity index (χ4n) is 2.54. The Labute approximate surface area is 130 Å². The van der Waals surface area contributed by atoms with Gasteiger partial charge >= 0.3 is 0 Å². The van der Waals surface area contributed by atoms with Crippen LogP contribution >= 0.6 is 27.7 Å². The molecule has 1 saturated carbocycles. The highest BCUT2D eigenvalue weighted by Crippen LogP contribution is 2.35. The predicted molar refractivity (Wildman–Crippen MR) is 81.5 cm³/mol. The summed E-state index contributed by atoms with van der Waals surface area (Å²) in [5, 5.41) is 13.0. The Kier molecular flexibility index (Phi) is 4.38. The molecule has 0 spiro atoms. The number of hydrogen-bond acceptors (Lipinski definition) is 5. The van der Waals surface area contributed by atoms with Gasteiger partial charge in [0.1, 0.15) is 0 Å². The molecule has 0 aliphatic heterocycles. The van der Waals surface area contributed by atoms with Crippen LogP contribution in [0.25, 0.3) is 0 Å². The summed E-state index contributed by atoms with van der Waals surface area (Å²) in [6, 6.07) is 6.58. The molecule has 0 bridgehead atoms. The Morgan fingerprint density at radius 1 is 1.35 bits per heavy atom. The first-order chi connectivity index (χ1) is 9.78. The number of nitrogens with two attached hydrogens (primary N) is 1. The zero-order valence-corrected chi connectivity index (χ0v) is 13.4. The SMILES string of the molecule is NCc1cc(Br)ccc1Sc1nnnn1C1CCCC1. The Bertz CT molecular complexity index is 594. The maximum absolute atomic E-state index is 5.82. The number of rotatable bonds is 4. The second-order valence-corrected chi connectivity index (χ2v) is 6.83. The minimum Gasteiger partial charge on any atom is -0.326 e. The lowest BCUT2D eigenvalue weighted by atomic mass is 10.2. The third-order valence-corrected chi connectivity index (χ3v) is 5.14. The minimum atomic E-state index is 0.448. The van der Waals surface area contributed by atoms with E-state index in [0.717, 1.165) is 20.1 Å². The van der Waals surface area contributed by atoms with Crippen molar-refractivity contribution < 1.29 is 0 Å². The minimum absolute atomic E-state index is 0.448. The van der Waals surface area contributed by atoms with Gasteiger partial charge in [-0.15, -0.1) is 5.10 Å². The number of nitrogens with zero attached hydrogens (tertiary/aromatic N) is 4. The van der Waals surface area contributed by atoms with E-state index in [-0.39, 0.29) is 0 Å². The summed E-state index contributed by atoms with van der Waals surface area (Å²) in [6.45, 7) is 0.507. The zero-order chi connectivity index (χ0) is 13.9. The van der Waals surface area contributed by atoms with Gasteiger partial charge in [0.05, 0.1) is 6.04 Å². The van der Waals surface area contributed by atoms with Gasteiger partial charge in [-0.1, -0.05) is 28.8 Å². The van der Waals surface area contributed by atoms with E-state index in [1.807, 2.05) is 16.8 Å². The third-order valence-electron chi connectivity index (χ3n) is 3.58. The standard InChI is InChI=1S/C13H16BrN5S/c14-10-5-6-12(9(7-10)8-15)20-13-16-17-18-19(13)11-3-1-2-4-11/h5-7,11H,1-4,8,15H2. The molecule has 2 aromatic rings. The summed E-state index contributed by atoms with van der Waals surface area (Å²) in [6.07, 6.45) is 4.87. The molecule has 0 amide bonds. The molecule has 0 unspecified atom stereocenters. The van der Waals surface area contributed by atoms with Crippen molar-refractivity contribution in [2.24, 2.45) is 5.73 Å². The average molecular weight is 354 g/mol. The number of benzene rings is 1. The van der Waals surface area contributed by atoms with E-state index in [1.54, 1.807) is 11.8 Å². The van der Waals surface area contributed by atoms with Crippen LogP contribution in [0.2, 0.25) is 0 Å². The fraction of sp³-hybridized carbons (Fsp3) is 0.462. The Morgan fingerprint density at radius 2 is 2.15 bits per heavy atom. The summed E-state index contributed by atoms with van der Waals surface area (Å²) in [5.41, 5.74) is 6.92. The smallest absolute Gasteiger partial charge is 0.214 e. The topological polar surface area (TPSA) is 69.6 Å². The van der Waals surface area contributed by atoms with Crippen LogP contribution in [0.15, 0.2) is 32.7 Å². The van der Waals surface area contributed by atoms with Crippen molar-refractivity contribution in [3.8, 4) is 0 Å². The van der Waals surface area contributed by atoms with Gasteiger partial charge in [-0.3, -0.25) is 0 Å². The van der Waals surface area contributed by atoms with Crippen LogP contribution in [-0.4, -0.2) is 20.2 Å². The van der Waals surface area contributed by atoms with Crippen LogP contribution < -0.4 is 5.73 Å². The van der Waals surface area contributed by atoms with Gasteiger partial charge in [0.15, 0.2) is 0 Å². The Balaban J connectivity index is 1.86. The molecule has 0 saturated heterocycles. The van der Waals surface area contributed by atoms with E-state index in [4.69, 9.17) is 5.73 Å². The summed E-state index contributed by atoms with van der Waals surface area (Å²) in [7, 11) is 0. The van der Waals surface area contributed by atoms with Crippen LogP contribution in [0, 0.1) is 0 Å². The summed E-state index contributed by atoms with van der Waals surface area (Å²) in [5.74, 6) is 0. The van der Waals surface area contributed by atoms with Gasteiger partial charge in [-0.2, -0.15) is 0 Å². The number of tetrazole rings is 1. The van der Waals surface area contributed by atoms with Crippen LogP contribution in [0.5, 0.6) is 0 Å². The number of hydrogen-bond donors (Lipinski definition) is 1. The molecule has 5 nitrogen and oxygen atoms in total. The molecule has 1 fully saturated rings. The second-order valence-electron chi connectivity index (χ2n) is 4.90. The van der Waals surface area contributed by atoms with E-state index < -0.39 is 0 Å². The lowest BCUT2D eigenvalue weighted by molar-refractivity contribution is 0.423. The molecule has 2 N–H and O–H groups in total. The van der Waals surface area contributed by atoms with E-state index in [0.29, 0.717) is 12.6 Å². The van der Waals surface area contributed by atoms with Gasteiger partial charge in [-0.05, 0) is 58.8 Å². The molecule has 7 heteroatoms. The van der Waals surface area contributed by atoms with Crippen LogP contribution in [-0.2, 0) is 6.54 Å². The van der Waals surface area contributed by atoms with Crippen molar-refractivity contribution in [1.82, 2.24) is 20.2 Å². The molecular formula is C13H16BrN5S. The summed E-state index contributed by atoms with van der Waals surface area (Å²) < 4.78 is 3.01. The molecule has 1 aromatic carbocycles. The average Bonchev–Trinajstić information content (AvgIpc) is 3.11. The van der Waals surface area contributed by atoms with Crippen molar-refractivity contribution in [3.63, 3.8) is 0 Å². The fourth-order valence-corrected chi connectivity index (χ4v) is 3.91. The van der Waals surface area contributed by atoms with Crippen LogP contribution in [0.4, 0.5) is 0 Å². The largest absolute Gasteiger partial charge is 0.326 e. The molecular weight excluding hydrogens is 338 g/mol. The van der Waals surface area contributed by atoms with Crippen molar-refractivity contribution in [2.45, 2.75) is 48.3 Å². The molecule has 0 atom stereocenters. The van der Waals surface area contributed by atoms with E-state index in [2.05, 4.69) is 37.5 Å². The van der Waals surface area contributed by atoms with E-state index >= 15 is 0 Å². The van der Waals surface area contributed by atoms with Gasteiger partial charge in [-0.25, -0.2) is 4.68 Å². The van der Waals surface area contributed by atoms with Gasteiger partial charge in [0.25, 0.3) is 0 Å². The van der Waals surface area contributed by atoms with E-state index in [9.17, 15) is 0 Å². The molecule has 20 heavy (non-hydrogen) atoms.